The summed E-state index contributed by atoms with van der Waals surface area (Å²) in [5, 5.41) is 13.5. The highest BCUT2D eigenvalue weighted by Crippen LogP contribution is 2.24. The van der Waals surface area contributed by atoms with Crippen molar-refractivity contribution in [2.75, 3.05) is 27.2 Å². The van der Waals surface area contributed by atoms with E-state index in [0.29, 0.717) is 24.4 Å². The molecule has 1 aliphatic rings. The molecule has 0 saturated carbocycles. The zero-order valence-corrected chi connectivity index (χ0v) is 12.8. The minimum atomic E-state index is -3.50. The van der Waals surface area contributed by atoms with Crippen LogP contribution in [0.5, 0.6) is 0 Å². The number of aromatic nitrogens is 1. The molecule has 114 valence electrons. The van der Waals surface area contributed by atoms with E-state index in [1.807, 2.05) is 19.0 Å². The molecule has 1 fully saturated rings. The Morgan fingerprint density at radius 2 is 2.25 bits per heavy atom. The second-order valence-electron chi connectivity index (χ2n) is 5.56. The molecule has 0 spiro atoms. The van der Waals surface area contributed by atoms with Gasteiger partial charge in [0.2, 0.25) is 10.0 Å². The molecule has 0 bridgehead atoms. The average Bonchev–Trinajstić information content (AvgIpc) is 2.84. The van der Waals surface area contributed by atoms with Crippen molar-refractivity contribution in [2.45, 2.75) is 31.2 Å². The molecule has 1 aromatic heterocycles. The first-order valence-electron chi connectivity index (χ1n) is 6.52. The molecule has 20 heavy (non-hydrogen) atoms. The van der Waals surface area contributed by atoms with Gasteiger partial charge in [-0.05, 0) is 27.4 Å². The van der Waals surface area contributed by atoms with Gasteiger partial charge >= 0.3 is 0 Å². The van der Waals surface area contributed by atoms with Crippen molar-refractivity contribution in [3.63, 3.8) is 0 Å². The van der Waals surface area contributed by atoms with E-state index in [2.05, 4.69) is 5.16 Å². The summed E-state index contributed by atoms with van der Waals surface area (Å²) in [6, 6.07) is 1.42. The monoisotopic (exact) mass is 303 g/mol. The van der Waals surface area contributed by atoms with Gasteiger partial charge in [-0.15, -0.1) is 0 Å². The second kappa shape index (κ2) is 5.80. The maximum atomic E-state index is 12.5. The van der Waals surface area contributed by atoms with Crippen LogP contribution in [0.3, 0.4) is 0 Å². The van der Waals surface area contributed by atoms with E-state index < -0.39 is 16.1 Å². The predicted molar refractivity (Wildman–Crippen MR) is 73.5 cm³/mol. The number of likely N-dealkylation sites (N-methyl/N-ethyl adjacent to an activating group) is 1. The van der Waals surface area contributed by atoms with Crippen LogP contribution in [0.4, 0.5) is 0 Å². The van der Waals surface area contributed by atoms with Crippen LogP contribution < -0.4 is 0 Å². The summed E-state index contributed by atoms with van der Waals surface area (Å²) in [7, 11) is 0.268. The van der Waals surface area contributed by atoms with Gasteiger partial charge in [0.15, 0.2) is 0 Å². The van der Waals surface area contributed by atoms with Gasteiger partial charge < -0.3 is 14.5 Å². The van der Waals surface area contributed by atoms with Crippen LogP contribution in [-0.2, 0) is 15.8 Å². The predicted octanol–water partition coefficient (Wildman–Crippen LogP) is -0.190. The number of rotatable bonds is 5. The highest BCUT2D eigenvalue weighted by Gasteiger charge is 2.39. The van der Waals surface area contributed by atoms with Gasteiger partial charge in [0.05, 0.1) is 6.10 Å². The van der Waals surface area contributed by atoms with Gasteiger partial charge in [0, 0.05) is 25.2 Å². The van der Waals surface area contributed by atoms with Gasteiger partial charge in [-0.3, -0.25) is 0 Å². The first-order chi connectivity index (χ1) is 9.28. The minimum absolute atomic E-state index is 0.150. The molecule has 2 atom stereocenters. The van der Waals surface area contributed by atoms with Gasteiger partial charge in [0.25, 0.3) is 0 Å². The van der Waals surface area contributed by atoms with Crippen LogP contribution in [0.1, 0.15) is 17.9 Å². The number of nitrogens with zero attached hydrogens (tertiary/aromatic N) is 3. The lowest BCUT2D eigenvalue weighted by Gasteiger charge is -2.25. The topological polar surface area (TPSA) is 86.9 Å². The highest BCUT2D eigenvalue weighted by molar-refractivity contribution is 7.88. The number of aryl methyl sites for hydroxylation is 1. The molecule has 0 radical (unpaired) electrons. The lowest BCUT2D eigenvalue weighted by atomic mass is 10.2. The molecule has 7 nitrogen and oxygen atoms in total. The highest BCUT2D eigenvalue weighted by atomic mass is 32.2. The van der Waals surface area contributed by atoms with E-state index >= 15 is 0 Å². The fourth-order valence-corrected chi connectivity index (χ4v) is 4.23. The van der Waals surface area contributed by atoms with Crippen molar-refractivity contribution in [3.8, 4) is 0 Å². The summed E-state index contributed by atoms with van der Waals surface area (Å²) >= 11 is 0. The summed E-state index contributed by atoms with van der Waals surface area (Å²) < 4.78 is 31.2. The molecule has 1 saturated heterocycles. The van der Waals surface area contributed by atoms with Gasteiger partial charge in [0.1, 0.15) is 17.2 Å². The van der Waals surface area contributed by atoms with Crippen LogP contribution in [0.25, 0.3) is 0 Å². The van der Waals surface area contributed by atoms with Gasteiger partial charge in [-0.1, -0.05) is 5.16 Å². The van der Waals surface area contributed by atoms with Crippen molar-refractivity contribution < 1.29 is 18.0 Å². The van der Waals surface area contributed by atoms with Crippen molar-refractivity contribution in [2.24, 2.45) is 0 Å². The zero-order chi connectivity index (χ0) is 14.9. The van der Waals surface area contributed by atoms with E-state index in [4.69, 9.17) is 4.52 Å². The van der Waals surface area contributed by atoms with Gasteiger partial charge in [-0.25, -0.2) is 8.42 Å². The molecule has 0 aliphatic carbocycles. The van der Waals surface area contributed by atoms with Crippen molar-refractivity contribution >= 4 is 10.0 Å². The standard InChI is InChI=1S/C12H21N3O4S/c1-9-4-10(13-19-9)8-20(17,18)15-7-12(16)5-11(15)6-14(2)3/h4,11-12,16H,5-8H2,1-3H3. The van der Waals surface area contributed by atoms with Gasteiger partial charge in [-0.2, -0.15) is 4.31 Å². The third kappa shape index (κ3) is 3.57. The smallest absolute Gasteiger partial charge is 0.220 e. The second-order valence-corrected chi connectivity index (χ2v) is 7.48. The van der Waals surface area contributed by atoms with Crippen molar-refractivity contribution in [1.82, 2.24) is 14.4 Å². The zero-order valence-electron chi connectivity index (χ0n) is 12.0. The largest absolute Gasteiger partial charge is 0.392 e. The molecule has 1 aliphatic heterocycles. The van der Waals surface area contributed by atoms with E-state index in [9.17, 15) is 13.5 Å². The molecule has 1 aromatic rings. The summed E-state index contributed by atoms with van der Waals surface area (Å²) in [5.41, 5.74) is 0.396. The number of hydrogen-bond donors (Lipinski definition) is 1. The first kappa shape index (κ1) is 15.4. The van der Waals surface area contributed by atoms with Crippen molar-refractivity contribution in [3.05, 3.63) is 17.5 Å². The van der Waals surface area contributed by atoms with Crippen LogP contribution in [0.15, 0.2) is 10.6 Å². The third-order valence-electron chi connectivity index (χ3n) is 3.28. The fourth-order valence-electron chi connectivity index (χ4n) is 2.55. The SMILES string of the molecule is Cc1cc(CS(=O)(=O)N2CC(O)CC2CN(C)C)no1. The molecular formula is C12H21N3O4S. The Balaban J connectivity index is 2.14. The average molecular weight is 303 g/mol. The summed E-state index contributed by atoms with van der Waals surface area (Å²) in [5.74, 6) is 0.391. The Bertz CT molecular complexity index is 555. The van der Waals surface area contributed by atoms with E-state index in [1.165, 1.54) is 4.31 Å². The number of aliphatic hydroxyl groups is 1. The Morgan fingerprint density at radius 1 is 1.55 bits per heavy atom. The summed E-state index contributed by atoms with van der Waals surface area (Å²) in [6.45, 7) is 2.46. The van der Waals surface area contributed by atoms with E-state index in [1.54, 1.807) is 13.0 Å². The Morgan fingerprint density at radius 3 is 2.80 bits per heavy atom. The normalized spacial score (nSPS) is 24.6. The summed E-state index contributed by atoms with van der Waals surface area (Å²) in [4.78, 5) is 1.92. The number of sulfonamides is 1. The van der Waals surface area contributed by atoms with Crippen molar-refractivity contribution in [1.29, 1.82) is 0 Å². The maximum absolute atomic E-state index is 12.5. The number of hydrogen-bond acceptors (Lipinski definition) is 6. The quantitative estimate of drug-likeness (QED) is 0.811. The Labute approximate surface area is 119 Å². The lowest BCUT2D eigenvalue weighted by Crippen LogP contribution is -2.41. The molecule has 2 rings (SSSR count). The van der Waals surface area contributed by atoms with E-state index in [-0.39, 0.29) is 18.3 Å². The first-order valence-corrected chi connectivity index (χ1v) is 8.13. The fraction of sp³-hybridized carbons (Fsp3) is 0.750. The lowest BCUT2D eigenvalue weighted by molar-refractivity contribution is 0.188. The summed E-state index contributed by atoms with van der Waals surface area (Å²) in [6.07, 6.45) is -0.135. The van der Waals surface area contributed by atoms with Crippen LogP contribution in [0.2, 0.25) is 0 Å². The van der Waals surface area contributed by atoms with E-state index in [0.717, 1.165) is 0 Å². The molecule has 8 heteroatoms. The number of β-amino-alcohol motifs (C(OH)–C–C–N with tert-alkyl or cyclic N) is 1. The molecular weight excluding hydrogens is 282 g/mol. The molecule has 2 unspecified atom stereocenters. The van der Waals surface area contributed by atoms with Crippen LogP contribution in [-0.4, -0.2) is 67.2 Å². The molecule has 1 N–H and O–H groups in total. The molecule has 2 heterocycles. The number of aliphatic hydroxyl groups excluding tert-OH is 1. The molecule has 0 amide bonds. The molecule has 0 aromatic carbocycles. The maximum Gasteiger partial charge on any atom is 0.220 e. The Kier molecular flexibility index (Phi) is 4.48. The van der Waals surface area contributed by atoms with Crippen LogP contribution in [0, 0.1) is 6.92 Å². The minimum Gasteiger partial charge on any atom is -0.392 e. The third-order valence-corrected chi connectivity index (χ3v) is 5.10. The van der Waals surface area contributed by atoms with Crippen LogP contribution >= 0.6 is 0 Å². The Hall–Kier alpha value is -0.960.